The Morgan fingerprint density at radius 2 is 0.733 bits per heavy atom. The second-order valence-corrected chi connectivity index (χ2v) is 9.52. The molecule has 45 heavy (non-hydrogen) atoms. The topological polar surface area (TPSA) is 227 Å². The van der Waals surface area contributed by atoms with Gasteiger partial charge in [-0.15, -0.1) is 0 Å². The van der Waals surface area contributed by atoms with Gasteiger partial charge in [0.05, 0.1) is 16.7 Å². The molecule has 0 spiro atoms. The summed E-state index contributed by atoms with van der Waals surface area (Å²) in [5.74, 6) is -7.63. The molecule has 6 N–H and O–H groups in total. The molecule has 1 aliphatic rings. The number of rotatable bonds is 6. The van der Waals surface area contributed by atoms with E-state index >= 15 is 0 Å². The molecule has 0 aromatic heterocycles. The van der Waals surface area contributed by atoms with Crippen molar-refractivity contribution in [1.82, 2.24) is 16.0 Å². The maximum absolute atomic E-state index is 13.0. The fourth-order valence-electron chi connectivity index (χ4n) is 4.01. The highest BCUT2D eigenvalue weighted by molar-refractivity contribution is 6.01. The minimum atomic E-state index is -1.68. The lowest BCUT2D eigenvalue weighted by molar-refractivity contribution is -0.160. The molecule has 4 rings (SSSR count). The zero-order chi connectivity index (χ0) is 32.5. The van der Waals surface area contributed by atoms with Crippen molar-refractivity contribution in [2.45, 2.75) is 18.1 Å². The highest BCUT2D eigenvalue weighted by Gasteiger charge is 2.34. The summed E-state index contributed by atoms with van der Waals surface area (Å²) in [6, 6.07) is 11.2. The number of hydrogen-bond donors (Lipinski definition) is 6. The third-order valence-corrected chi connectivity index (χ3v) is 6.39. The number of esters is 3. The van der Waals surface area contributed by atoms with Crippen molar-refractivity contribution in [2.75, 3.05) is 19.8 Å². The zero-order valence-corrected chi connectivity index (χ0v) is 23.3. The molecule has 3 aromatic carbocycles. The number of carbonyl (C=O) groups is 6. The van der Waals surface area contributed by atoms with Crippen molar-refractivity contribution in [3.8, 4) is 17.2 Å². The van der Waals surface area contributed by atoms with Crippen molar-refractivity contribution in [3.05, 3.63) is 89.5 Å². The van der Waals surface area contributed by atoms with E-state index in [0.29, 0.717) is 0 Å². The molecule has 15 nitrogen and oxygen atoms in total. The SMILES string of the molecule is O=C(NC1COC(=O)C(NC(=O)c2ccccc2O)COC(=O)C(NC(=O)c2ccccc2O)COC1=O)c1ccccc1O. The van der Waals surface area contributed by atoms with Gasteiger partial charge in [0.1, 0.15) is 37.1 Å². The maximum atomic E-state index is 13.0. The van der Waals surface area contributed by atoms with E-state index in [4.69, 9.17) is 14.2 Å². The number of carbonyl (C=O) groups excluding carboxylic acids is 6. The van der Waals surface area contributed by atoms with Crippen LogP contribution in [0.5, 0.6) is 17.2 Å². The van der Waals surface area contributed by atoms with E-state index in [1.165, 1.54) is 72.8 Å². The largest absolute Gasteiger partial charge is 0.507 e. The van der Waals surface area contributed by atoms with Gasteiger partial charge in [-0.25, -0.2) is 14.4 Å². The average Bonchev–Trinajstić information content (AvgIpc) is 3.02. The number of hydrogen-bond acceptors (Lipinski definition) is 12. The number of phenols is 3. The summed E-state index contributed by atoms with van der Waals surface area (Å²) in [6.07, 6.45) is 0. The Hall–Kier alpha value is -6.12. The molecule has 0 radical (unpaired) electrons. The Balaban J connectivity index is 1.60. The van der Waals surface area contributed by atoms with Gasteiger partial charge in [-0.2, -0.15) is 0 Å². The summed E-state index contributed by atoms with van der Waals surface area (Å²) in [7, 11) is 0. The van der Waals surface area contributed by atoms with Gasteiger partial charge in [-0.1, -0.05) is 36.4 Å². The highest BCUT2D eigenvalue weighted by atomic mass is 16.6. The second-order valence-electron chi connectivity index (χ2n) is 9.52. The van der Waals surface area contributed by atoms with E-state index < -0.39 is 90.8 Å². The Kier molecular flexibility index (Phi) is 10.2. The molecule has 0 aliphatic carbocycles. The van der Waals surface area contributed by atoms with Gasteiger partial charge in [-0.3, -0.25) is 14.4 Å². The fraction of sp³-hybridized carbons (Fsp3) is 0.200. The van der Waals surface area contributed by atoms with Gasteiger partial charge in [0, 0.05) is 0 Å². The van der Waals surface area contributed by atoms with Crippen molar-refractivity contribution in [3.63, 3.8) is 0 Å². The van der Waals surface area contributed by atoms with Gasteiger partial charge >= 0.3 is 17.9 Å². The van der Waals surface area contributed by atoms with Crippen LogP contribution in [0.2, 0.25) is 0 Å². The van der Waals surface area contributed by atoms with Crippen molar-refractivity contribution in [1.29, 1.82) is 0 Å². The highest BCUT2D eigenvalue weighted by Crippen LogP contribution is 2.18. The van der Waals surface area contributed by atoms with Crippen LogP contribution >= 0.6 is 0 Å². The molecule has 1 heterocycles. The number of benzene rings is 3. The summed E-state index contributed by atoms with van der Waals surface area (Å²) in [5, 5.41) is 36.9. The predicted molar refractivity (Wildman–Crippen MR) is 151 cm³/mol. The van der Waals surface area contributed by atoms with Crippen LogP contribution < -0.4 is 16.0 Å². The normalized spacial score (nSPS) is 18.9. The lowest BCUT2D eigenvalue weighted by Crippen LogP contribution is -2.52. The van der Waals surface area contributed by atoms with E-state index in [9.17, 15) is 44.1 Å². The van der Waals surface area contributed by atoms with Crippen LogP contribution in [0.1, 0.15) is 31.1 Å². The minimum absolute atomic E-state index is 0.216. The summed E-state index contributed by atoms with van der Waals surface area (Å²) in [5.41, 5.74) is -0.647. The molecule has 3 atom stereocenters. The third-order valence-electron chi connectivity index (χ3n) is 6.39. The first-order valence-corrected chi connectivity index (χ1v) is 13.3. The molecular formula is C30H27N3O12. The number of aromatic hydroxyl groups is 3. The van der Waals surface area contributed by atoms with Crippen LogP contribution in [0.15, 0.2) is 72.8 Å². The van der Waals surface area contributed by atoms with E-state index in [2.05, 4.69) is 16.0 Å². The zero-order valence-electron chi connectivity index (χ0n) is 23.3. The molecular weight excluding hydrogens is 594 g/mol. The summed E-state index contributed by atoms with van der Waals surface area (Å²) in [4.78, 5) is 77.6. The third kappa shape index (κ3) is 8.04. The predicted octanol–water partition coefficient (Wildman–Crippen LogP) is 0.142. The number of cyclic esters (lactones) is 3. The summed E-state index contributed by atoms with van der Waals surface area (Å²) < 4.78 is 15.5. The Morgan fingerprint density at radius 1 is 0.489 bits per heavy atom. The van der Waals surface area contributed by atoms with Gasteiger partial charge < -0.3 is 45.5 Å². The molecule has 1 aliphatic heterocycles. The first-order valence-electron chi connectivity index (χ1n) is 13.3. The van der Waals surface area contributed by atoms with E-state index in [0.717, 1.165) is 0 Å². The van der Waals surface area contributed by atoms with Gasteiger partial charge in [-0.05, 0) is 36.4 Å². The smallest absolute Gasteiger partial charge is 0.332 e. The van der Waals surface area contributed by atoms with Crippen LogP contribution in [-0.2, 0) is 28.6 Å². The minimum Gasteiger partial charge on any atom is -0.507 e. The summed E-state index contributed by atoms with van der Waals surface area (Å²) >= 11 is 0. The first-order chi connectivity index (χ1) is 21.5. The van der Waals surface area contributed by atoms with E-state index in [-0.39, 0.29) is 16.7 Å². The van der Waals surface area contributed by atoms with Crippen molar-refractivity contribution < 1.29 is 58.3 Å². The van der Waals surface area contributed by atoms with Crippen LogP contribution in [0.25, 0.3) is 0 Å². The van der Waals surface area contributed by atoms with Gasteiger partial charge in [0.2, 0.25) is 0 Å². The van der Waals surface area contributed by atoms with E-state index in [1.54, 1.807) is 0 Å². The lowest BCUT2D eigenvalue weighted by atomic mass is 10.1. The molecule has 0 bridgehead atoms. The monoisotopic (exact) mass is 621 g/mol. The number of amides is 3. The van der Waals surface area contributed by atoms with Gasteiger partial charge in [0.25, 0.3) is 17.7 Å². The molecule has 3 unspecified atom stereocenters. The Bertz CT molecular complexity index is 1440. The molecule has 3 amide bonds. The average molecular weight is 622 g/mol. The number of phenolic OH excluding ortho intramolecular Hbond substituents is 3. The Labute approximate surface area is 254 Å². The quantitative estimate of drug-likeness (QED) is 0.160. The van der Waals surface area contributed by atoms with Crippen LogP contribution in [-0.4, -0.2) is 88.9 Å². The Morgan fingerprint density at radius 3 is 0.978 bits per heavy atom. The first kappa shape index (κ1) is 31.8. The molecule has 234 valence electrons. The summed E-state index contributed by atoms with van der Waals surface area (Å²) in [6.45, 7) is -2.45. The number of nitrogens with one attached hydrogen (secondary N) is 3. The molecule has 1 saturated heterocycles. The van der Waals surface area contributed by atoms with Gasteiger partial charge in [0.15, 0.2) is 18.1 Å². The maximum Gasteiger partial charge on any atom is 0.332 e. The number of ether oxygens (including phenoxy) is 3. The standard InChI is InChI=1S/C30H27N3O12/c34-22-10-4-1-7-16(22)25(37)31-19-13-43-29(41)21(33-27(39)18-9-3-6-12-24(18)36)15-45-30(42)20(14-44-28(19)40)32-26(38)17-8-2-5-11-23(17)35/h1-12,19-21,34-36H,13-15H2,(H,31,37)(H,32,38)(H,33,39). The molecule has 1 fully saturated rings. The van der Waals surface area contributed by atoms with Crippen LogP contribution in [0.3, 0.4) is 0 Å². The number of para-hydroxylation sites is 3. The second kappa shape index (κ2) is 14.4. The van der Waals surface area contributed by atoms with Crippen LogP contribution in [0, 0.1) is 0 Å². The molecule has 3 aromatic rings. The lowest BCUT2D eigenvalue weighted by Gasteiger charge is -2.25. The van der Waals surface area contributed by atoms with Crippen molar-refractivity contribution >= 4 is 35.6 Å². The van der Waals surface area contributed by atoms with Crippen molar-refractivity contribution in [2.24, 2.45) is 0 Å². The molecule has 0 saturated carbocycles. The fourth-order valence-corrected chi connectivity index (χ4v) is 4.01. The van der Waals surface area contributed by atoms with Crippen LogP contribution in [0.4, 0.5) is 0 Å². The van der Waals surface area contributed by atoms with E-state index in [1.807, 2.05) is 0 Å². The molecule has 15 heteroatoms.